The second-order valence-electron chi connectivity index (χ2n) is 4.57. The van der Waals surface area contributed by atoms with Crippen LogP contribution in [0.15, 0.2) is 0 Å². The van der Waals surface area contributed by atoms with Crippen LogP contribution in [0.25, 0.3) is 0 Å². The van der Waals surface area contributed by atoms with Crippen LogP contribution in [0.2, 0.25) is 0 Å². The van der Waals surface area contributed by atoms with Crippen molar-refractivity contribution < 1.29 is 0 Å². The Bertz CT molecular complexity index is 158. The van der Waals surface area contributed by atoms with E-state index in [1.165, 1.54) is 38.8 Å². The molecule has 0 aromatic rings. The van der Waals surface area contributed by atoms with E-state index in [1.807, 2.05) is 0 Å². The quantitative estimate of drug-likeness (QED) is 0.586. The SMILES string of the molecule is CN1CC[C@@H]2C(N)CCC[C@@H]2C1. The number of likely N-dealkylation sites (tertiary alicyclic amines) is 1. The van der Waals surface area contributed by atoms with Gasteiger partial charge in [-0.25, -0.2) is 0 Å². The summed E-state index contributed by atoms with van der Waals surface area (Å²) in [5.41, 5.74) is 6.12. The number of fused-ring (bicyclic) bond motifs is 1. The monoisotopic (exact) mass is 168 g/mol. The average Bonchev–Trinajstić information content (AvgIpc) is 2.04. The van der Waals surface area contributed by atoms with E-state index in [0.717, 1.165) is 11.8 Å². The number of rotatable bonds is 0. The van der Waals surface area contributed by atoms with Crippen molar-refractivity contribution in [3.05, 3.63) is 0 Å². The molecule has 0 aromatic carbocycles. The summed E-state index contributed by atoms with van der Waals surface area (Å²) in [5, 5.41) is 0. The lowest BCUT2D eigenvalue weighted by molar-refractivity contribution is 0.0895. The van der Waals surface area contributed by atoms with E-state index in [2.05, 4.69) is 11.9 Å². The molecule has 0 amide bonds. The number of nitrogens with two attached hydrogens (primary N) is 1. The Morgan fingerprint density at radius 2 is 2.08 bits per heavy atom. The number of hydrogen-bond donors (Lipinski definition) is 1. The summed E-state index contributed by atoms with van der Waals surface area (Å²) in [7, 11) is 2.23. The molecule has 0 aromatic heterocycles. The molecule has 1 aliphatic heterocycles. The summed E-state index contributed by atoms with van der Waals surface area (Å²) in [6.07, 6.45) is 5.38. The second-order valence-corrected chi connectivity index (χ2v) is 4.57. The Balaban J connectivity index is 1.99. The molecule has 2 nitrogen and oxygen atoms in total. The molecule has 2 aliphatic rings. The van der Waals surface area contributed by atoms with Crippen LogP contribution in [-0.2, 0) is 0 Å². The van der Waals surface area contributed by atoms with Crippen LogP contribution >= 0.6 is 0 Å². The smallest absolute Gasteiger partial charge is 0.00707 e. The Morgan fingerprint density at radius 1 is 1.25 bits per heavy atom. The first kappa shape index (κ1) is 8.52. The molecule has 2 rings (SSSR count). The van der Waals surface area contributed by atoms with E-state index in [1.54, 1.807) is 0 Å². The molecule has 2 N–H and O–H groups in total. The zero-order valence-electron chi connectivity index (χ0n) is 8.00. The topological polar surface area (TPSA) is 29.3 Å². The molecule has 1 unspecified atom stereocenters. The first-order valence-electron chi connectivity index (χ1n) is 5.21. The highest BCUT2D eigenvalue weighted by molar-refractivity contribution is 4.89. The van der Waals surface area contributed by atoms with Crippen LogP contribution in [0.5, 0.6) is 0 Å². The Labute approximate surface area is 75.1 Å². The lowest BCUT2D eigenvalue weighted by Gasteiger charge is -2.43. The molecular weight excluding hydrogens is 148 g/mol. The van der Waals surface area contributed by atoms with Gasteiger partial charge in [0.15, 0.2) is 0 Å². The third-order valence-corrected chi connectivity index (χ3v) is 3.66. The van der Waals surface area contributed by atoms with Gasteiger partial charge in [-0.05, 0) is 44.7 Å². The molecule has 3 atom stereocenters. The van der Waals surface area contributed by atoms with Crippen LogP contribution in [0.1, 0.15) is 25.7 Å². The van der Waals surface area contributed by atoms with Crippen LogP contribution in [0.3, 0.4) is 0 Å². The summed E-state index contributed by atoms with van der Waals surface area (Å²) in [4.78, 5) is 2.46. The average molecular weight is 168 g/mol. The van der Waals surface area contributed by atoms with E-state index < -0.39 is 0 Å². The van der Waals surface area contributed by atoms with Crippen molar-refractivity contribution in [2.45, 2.75) is 31.7 Å². The van der Waals surface area contributed by atoms with Gasteiger partial charge in [0.2, 0.25) is 0 Å². The van der Waals surface area contributed by atoms with E-state index in [4.69, 9.17) is 5.73 Å². The van der Waals surface area contributed by atoms with Crippen molar-refractivity contribution in [3.63, 3.8) is 0 Å². The maximum Gasteiger partial charge on any atom is 0.00707 e. The molecule has 0 bridgehead atoms. The van der Waals surface area contributed by atoms with Crippen LogP contribution in [0.4, 0.5) is 0 Å². The number of piperidine rings is 1. The lowest BCUT2D eigenvalue weighted by atomic mass is 9.72. The zero-order valence-corrected chi connectivity index (χ0v) is 8.00. The molecule has 12 heavy (non-hydrogen) atoms. The molecule has 70 valence electrons. The second kappa shape index (κ2) is 3.35. The molecule has 1 saturated heterocycles. The molecule has 0 spiro atoms. The van der Waals surface area contributed by atoms with Gasteiger partial charge in [-0.2, -0.15) is 0 Å². The van der Waals surface area contributed by atoms with Crippen molar-refractivity contribution in [1.29, 1.82) is 0 Å². The first-order chi connectivity index (χ1) is 5.77. The van der Waals surface area contributed by atoms with E-state index in [9.17, 15) is 0 Å². The summed E-state index contributed by atoms with van der Waals surface area (Å²) in [6.45, 7) is 2.55. The predicted octanol–water partition coefficient (Wildman–Crippen LogP) is 1.07. The van der Waals surface area contributed by atoms with Crippen molar-refractivity contribution in [3.8, 4) is 0 Å². The van der Waals surface area contributed by atoms with Crippen molar-refractivity contribution in [1.82, 2.24) is 4.90 Å². The summed E-state index contributed by atoms with van der Waals surface area (Å²) < 4.78 is 0. The van der Waals surface area contributed by atoms with Crippen molar-refractivity contribution in [2.24, 2.45) is 17.6 Å². The van der Waals surface area contributed by atoms with Crippen molar-refractivity contribution in [2.75, 3.05) is 20.1 Å². The van der Waals surface area contributed by atoms with E-state index in [0.29, 0.717) is 6.04 Å². The summed E-state index contributed by atoms with van der Waals surface area (Å²) in [5.74, 6) is 1.75. The Morgan fingerprint density at radius 3 is 2.92 bits per heavy atom. The van der Waals surface area contributed by atoms with Gasteiger partial charge in [-0.15, -0.1) is 0 Å². The van der Waals surface area contributed by atoms with Gasteiger partial charge in [-0.3, -0.25) is 0 Å². The van der Waals surface area contributed by atoms with E-state index in [-0.39, 0.29) is 0 Å². The highest BCUT2D eigenvalue weighted by atomic mass is 15.1. The lowest BCUT2D eigenvalue weighted by Crippen LogP contribution is -2.48. The van der Waals surface area contributed by atoms with Crippen molar-refractivity contribution >= 4 is 0 Å². The molecule has 0 radical (unpaired) electrons. The van der Waals surface area contributed by atoms with Gasteiger partial charge in [0.05, 0.1) is 0 Å². The Hall–Kier alpha value is -0.0800. The van der Waals surface area contributed by atoms with Gasteiger partial charge in [-0.1, -0.05) is 6.42 Å². The molecular formula is C10H20N2. The van der Waals surface area contributed by atoms with Gasteiger partial charge in [0.25, 0.3) is 0 Å². The predicted molar refractivity (Wildman–Crippen MR) is 50.9 cm³/mol. The van der Waals surface area contributed by atoms with Gasteiger partial charge >= 0.3 is 0 Å². The molecule has 1 saturated carbocycles. The zero-order chi connectivity index (χ0) is 8.55. The first-order valence-corrected chi connectivity index (χ1v) is 5.21. The molecule has 2 heteroatoms. The fraction of sp³-hybridized carbons (Fsp3) is 1.00. The summed E-state index contributed by atoms with van der Waals surface area (Å²) in [6, 6.07) is 0.512. The third-order valence-electron chi connectivity index (χ3n) is 3.66. The normalized spacial score (nSPS) is 44.0. The minimum absolute atomic E-state index is 0.512. The van der Waals surface area contributed by atoms with Crippen LogP contribution in [-0.4, -0.2) is 31.1 Å². The maximum atomic E-state index is 6.12. The minimum Gasteiger partial charge on any atom is -0.327 e. The Kier molecular flexibility index (Phi) is 2.37. The van der Waals surface area contributed by atoms with Crippen LogP contribution < -0.4 is 5.73 Å². The molecule has 2 fully saturated rings. The standard InChI is InChI=1S/C10H20N2/c1-12-6-5-9-8(7-12)3-2-4-10(9)11/h8-10H,2-7,11H2,1H3/t8-,9+,10?/m1/s1. The van der Waals surface area contributed by atoms with Crippen LogP contribution in [0, 0.1) is 11.8 Å². The van der Waals surface area contributed by atoms with Gasteiger partial charge < -0.3 is 10.6 Å². The van der Waals surface area contributed by atoms with E-state index >= 15 is 0 Å². The fourth-order valence-corrected chi connectivity index (χ4v) is 2.93. The fourth-order valence-electron chi connectivity index (χ4n) is 2.93. The number of hydrogen-bond acceptors (Lipinski definition) is 2. The summed E-state index contributed by atoms with van der Waals surface area (Å²) >= 11 is 0. The largest absolute Gasteiger partial charge is 0.327 e. The van der Waals surface area contributed by atoms with Gasteiger partial charge in [0, 0.05) is 12.6 Å². The van der Waals surface area contributed by atoms with Gasteiger partial charge in [0.1, 0.15) is 0 Å². The number of nitrogens with zero attached hydrogens (tertiary/aromatic N) is 1. The highest BCUT2D eigenvalue weighted by Gasteiger charge is 2.34. The maximum absolute atomic E-state index is 6.12. The minimum atomic E-state index is 0.512. The highest BCUT2D eigenvalue weighted by Crippen LogP contribution is 2.34. The molecule has 1 heterocycles. The third kappa shape index (κ3) is 1.50. The molecule has 1 aliphatic carbocycles.